The van der Waals surface area contributed by atoms with Crippen LogP contribution in [-0.2, 0) is 18.6 Å². The highest BCUT2D eigenvalue weighted by Crippen LogP contribution is 2.35. The highest BCUT2D eigenvalue weighted by Gasteiger charge is 2.37. The Labute approximate surface area is 72.1 Å². The lowest BCUT2D eigenvalue weighted by molar-refractivity contribution is -0.146. The molecule has 1 heterocycles. The van der Waals surface area contributed by atoms with E-state index in [2.05, 4.69) is 0 Å². The zero-order valence-electron chi connectivity index (χ0n) is 6.99. The molecular weight excluding hydrogens is 179 g/mol. The van der Waals surface area contributed by atoms with Crippen molar-refractivity contribution in [3.8, 4) is 0 Å². The Morgan fingerprint density at radius 1 is 1.75 bits per heavy atom. The molecule has 1 rings (SSSR count). The van der Waals surface area contributed by atoms with Crippen molar-refractivity contribution in [2.24, 2.45) is 0 Å². The molecule has 1 aliphatic heterocycles. The summed E-state index contributed by atoms with van der Waals surface area (Å²) >= 11 is 0. The van der Waals surface area contributed by atoms with E-state index >= 15 is 0 Å². The second kappa shape index (κ2) is 4.53. The molecule has 5 heteroatoms. The fraction of sp³-hybridized carbons (Fsp3) is 0.857. The van der Waals surface area contributed by atoms with E-state index < -0.39 is 8.03 Å². The minimum absolute atomic E-state index is 0.138. The number of carbonyl (C=O) groups excluding carboxylic acids is 1. The number of esters is 1. The first-order valence-corrected chi connectivity index (χ1v) is 5.23. The van der Waals surface area contributed by atoms with Gasteiger partial charge in [-0.15, -0.1) is 4.52 Å². The van der Waals surface area contributed by atoms with Gasteiger partial charge in [0.25, 0.3) is 0 Å². The van der Waals surface area contributed by atoms with Crippen LogP contribution in [0.5, 0.6) is 0 Å². The molecule has 1 saturated heterocycles. The number of cyclic esters (lactones) is 1. The summed E-state index contributed by atoms with van der Waals surface area (Å²) in [4.78, 5) is 10.8. The van der Waals surface area contributed by atoms with Gasteiger partial charge in [-0.25, -0.2) is 0 Å². The van der Waals surface area contributed by atoms with Gasteiger partial charge in [-0.3, -0.25) is 4.79 Å². The van der Waals surface area contributed by atoms with Gasteiger partial charge >= 0.3 is 14.0 Å². The van der Waals surface area contributed by atoms with Gasteiger partial charge in [0.1, 0.15) is 0 Å². The molecule has 0 N–H and O–H groups in total. The van der Waals surface area contributed by atoms with Crippen molar-refractivity contribution < 1.29 is 18.6 Å². The lowest BCUT2D eigenvalue weighted by Gasteiger charge is -2.12. The van der Waals surface area contributed by atoms with E-state index in [9.17, 15) is 9.36 Å². The van der Waals surface area contributed by atoms with Crippen LogP contribution in [0.25, 0.3) is 0 Å². The van der Waals surface area contributed by atoms with Gasteiger partial charge in [0, 0.05) is 6.42 Å². The van der Waals surface area contributed by atoms with Crippen LogP contribution in [0, 0.1) is 0 Å². The zero-order chi connectivity index (χ0) is 8.97. The third kappa shape index (κ3) is 2.54. The predicted octanol–water partition coefficient (Wildman–Crippen LogP) is 1.47. The van der Waals surface area contributed by atoms with Crippen LogP contribution in [0.4, 0.5) is 0 Å². The molecule has 0 saturated carbocycles. The quantitative estimate of drug-likeness (QED) is 0.500. The smallest absolute Gasteiger partial charge is 0.465 e. The van der Waals surface area contributed by atoms with Crippen molar-refractivity contribution in [2.45, 2.75) is 25.4 Å². The van der Waals surface area contributed by atoms with Crippen LogP contribution in [0.2, 0.25) is 0 Å². The number of carbonyl (C=O) groups is 1. The summed E-state index contributed by atoms with van der Waals surface area (Å²) in [6, 6.07) is 0. The maximum atomic E-state index is 11.3. The van der Waals surface area contributed by atoms with Gasteiger partial charge in [0.15, 0.2) is 0 Å². The predicted molar refractivity (Wildman–Crippen MR) is 43.2 cm³/mol. The molecule has 4 nitrogen and oxygen atoms in total. The first kappa shape index (κ1) is 9.62. The molecule has 0 aromatic rings. The maximum Gasteiger partial charge on any atom is 0.512 e. The number of ether oxygens (including phenoxy) is 1. The summed E-state index contributed by atoms with van der Waals surface area (Å²) in [5.74, 6) is -0.269. The molecule has 12 heavy (non-hydrogen) atoms. The first-order chi connectivity index (χ1) is 5.74. The molecule has 0 aromatic heterocycles. The molecule has 2 unspecified atom stereocenters. The van der Waals surface area contributed by atoms with Gasteiger partial charge in [0.05, 0.1) is 19.6 Å². The molecule has 68 valence electrons. The third-order valence-corrected chi connectivity index (χ3v) is 3.22. The van der Waals surface area contributed by atoms with E-state index in [4.69, 9.17) is 9.26 Å². The summed E-state index contributed by atoms with van der Waals surface area (Å²) in [5, 5.41) is 0. The summed E-state index contributed by atoms with van der Waals surface area (Å²) in [7, 11) is -1.68. The normalized spacial score (nSPS) is 24.9. The highest BCUT2D eigenvalue weighted by molar-refractivity contribution is 7.40. The lowest BCUT2D eigenvalue weighted by Crippen LogP contribution is -2.22. The molecule has 0 bridgehead atoms. The molecule has 0 amide bonds. The Kier molecular flexibility index (Phi) is 3.63. The summed E-state index contributed by atoms with van der Waals surface area (Å²) in [5.41, 5.74) is -0.138. The van der Waals surface area contributed by atoms with Crippen molar-refractivity contribution in [2.75, 3.05) is 13.2 Å². The van der Waals surface area contributed by atoms with Crippen LogP contribution >= 0.6 is 8.03 Å². The van der Waals surface area contributed by atoms with E-state index in [1.165, 1.54) is 0 Å². The summed E-state index contributed by atoms with van der Waals surface area (Å²) in [6.45, 7) is 2.59. The van der Waals surface area contributed by atoms with E-state index in [0.29, 0.717) is 19.6 Å². The minimum Gasteiger partial charge on any atom is -0.465 e. The minimum atomic E-state index is -1.68. The van der Waals surface area contributed by atoms with Gasteiger partial charge in [-0.1, -0.05) is 0 Å². The molecule has 1 aliphatic rings. The summed E-state index contributed by atoms with van der Waals surface area (Å²) < 4.78 is 20.9. The van der Waals surface area contributed by atoms with Crippen molar-refractivity contribution >= 4 is 14.0 Å². The number of rotatable bonds is 3. The third-order valence-electron chi connectivity index (χ3n) is 1.67. The van der Waals surface area contributed by atoms with Gasteiger partial charge in [0.2, 0.25) is 5.66 Å². The topological polar surface area (TPSA) is 52.6 Å². The second-order valence-electron chi connectivity index (χ2n) is 2.57. The van der Waals surface area contributed by atoms with E-state index in [1.54, 1.807) is 6.92 Å². The van der Waals surface area contributed by atoms with E-state index in [-0.39, 0.29) is 18.0 Å². The Morgan fingerprint density at radius 3 is 3.08 bits per heavy atom. The Morgan fingerprint density at radius 2 is 2.50 bits per heavy atom. The molecule has 0 radical (unpaired) electrons. The number of hydrogen-bond donors (Lipinski definition) is 0. The molecule has 1 fully saturated rings. The van der Waals surface area contributed by atoms with Gasteiger partial charge in [-0.05, 0) is 11.5 Å². The van der Waals surface area contributed by atoms with Crippen LogP contribution in [0.1, 0.15) is 19.8 Å². The average molecular weight is 191 g/mol. The Hall–Kier alpha value is -0.470. The SMILES string of the molecule is CCO[P+](=O)C1CCOC(=O)C1. The van der Waals surface area contributed by atoms with Crippen LogP contribution in [-0.4, -0.2) is 24.8 Å². The summed E-state index contributed by atoms with van der Waals surface area (Å²) in [6.07, 6.45) is 0.885. The fourth-order valence-corrected chi connectivity index (χ4v) is 2.15. The van der Waals surface area contributed by atoms with Crippen LogP contribution < -0.4 is 0 Å². The van der Waals surface area contributed by atoms with E-state index in [1.807, 2.05) is 0 Å². The molecule has 0 aromatic carbocycles. The van der Waals surface area contributed by atoms with Crippen molar-refractivity contribution in [1.82, 2.24) is 0 Å². The van der Waals surface area contributed by atoms with Crippen LogP contribution in [0.15, 0.2) is 0 Å². The lowest BCUT2D eigenvalue weighted by atomic mass is 10.2. The van der Waals surface area contributed by atoms with Gasteiger partial charge < -0.3 is 4.74 Å². The van der Waals surface area contributed by atoms with Crippen molar-refractivity contribution in [3.05, 3.63) is 0 Å². The highest BCUT2D eigenvalue weighted by atomic mass is 31.1. The first-order valence-electron chi connectivity index (χ1n) is 3.99. The maximum absolute atomic E-state index is 11.3. The molecular formula is C7H12O4P+. The van der Waals surface area contributed by atoms with Crippen molar-refractivity contribution in [1.29, 1.82) is 0 Å². The number of hydrogen-bond acceptors (Lipinski definition) is 4. The molecule has 0 aliphatic carbocycles. The molecule has 0 spiro atoms. The standard InChI is InChI=1S/C7H12O4P/c1-2-11-12(9)6-3-4-10-7(8)5-6/h6H,2-5H2,1H3/q+1. The Balaban J connectivity index is 2.40. The average Bonchev–Trinajstić information content (AvgIpc) is 2.05. The van der Waals surface area contributed by atoms with E-state index in [0.717, 1.165) is 0 Å². The molecule has 2 atom stereocenters. The Bertz CT molecular complexity index is 192. The van der Waals surface area contributed by atoms with Crippen molar-refractivity contribution in [3.63, 3.8) is 0 Å². The fourth-order valence-electron chi connectivity index (χ4n) is 1.07. The monoisotopic (exact) mass is 191 g/mol. The van der Waals surface area contributed by atoms with Gasteiger partial charge in [-0.2, -0.15) is 0 Å². The van der Waals surface area contributed by atoms with Crippen LogP contribution in [0.3, 0.4) is 0 Å². The second-order valence-corrected chi connectivity index (χ2v) is 4.13. The largest absolute Gasteiger partial charge is 0.512 e. The zero-order valence-corrected chi connectivity index (χ0v) is 7.88.